The van der Waals surface area contributed by atoms with Gasteiger partial charge in [0.05, 0.1) is 23.6 Å². The number of nitrogens with zero attached hydrogens (tertiary/aromatic N) is 2. The molecule has 0 aliphatic rings. The van der Waals surface area contributed by atoms with E-state index in [1.54, 1.807) is 12.4 Å². The Hall–Kier alpha value is -1.49. The van der Waals surface area contributed by atoms with Crippen LogP contribution in [0.1, 0.15) is 23.0 Å². The number of aromatic nitrogens is 2. The van der Waals surface area contributed by atoms with Gasteiger partial charge in [-0.05, 0) is 25.0 Å². The minimum Gasteiger partial charge on any atom is -0.271 e. The zero-order chi connectivity index (χ0) is 13.0. The second-order valence-corrected chi connectivity index (χ2v) is 4.50. The van der Waals surface area contributed by atoms with Gasteiger partial charge in [-0.2, -0.15) is 0 Å². The fourth-order valence-electron chi connectivity index (χ4n) is 1.72. The topological polar surface area (TPSA) is 63.8 Å². The molecule has 0 fully saturated rings. The predicted molar refractivity (Wildman–Crippen MR) is 72.0 cm³/mol. The standard InChI is InChI=1S/C13H15ClN4/c1-9-7-17-13(8-16-9)12(18-15)6-10-4-2-3-5-11(10)14/h2-5,7-8,12,18H,6,15H2,1H3. The summed E-state index contributed by atoms with van der Waals surface area (Å²) in [5.41, 5.74) is 5.47. The van der Waals surface area contributed by atoms with Gasteiger partial charge < -0.3 is 0 Å². The van der Waals surface area contributed by atoms with Crippen molar-refractivity contribution in [1.82, 2.24) is 15.4 Å². The lowest BCUT2D eigenvalue weighted by Crippen LogP contribution is -2.30. The van der Waals surface area contributed by atoms with Gasteiger partial charge in [-0.3, -0.25) is 21.2 Å². The smallest absolute Gasteiger partial charge is 0.0773 e. The first-order chi connectivity index (χ1) is 8.70. The van der Waals surface area contributed by atoms with Crippen molar-refractivity contribution in [3.05, 3.63) is 58.6 Å². The zero-order valence-corrected chi connectivity index (χ0v) is 10.9. The van der Waals surface area contributed by atoms with Crippen LogP contribution in [0.15, 0.2) is 36.7 Å². The number of nitrogens with two attached hydrogens (primary N) is 1. The largest absolute Gasteiger partial charge is 0.271 e. The highest BCUT2D eigenvalue weighted by molar-refractivity contribution is 6.31. The maximum atomic E-state index is 6.13. The highest BCUT2D eigenvalue weighted by Gasteiger charge is 2.13. The number of hydrogen-bond donors (Lipinski definition) is 2. The van der Waals surface area contributed by atoms with Gasteiger partial charge in [-0.15, -0.1) is 0 Å². The summed E-state index contributed by atoms with van der Waals surface area (Å²) < 4.78 is 0. The molecule has 1 aromatic heterocycles. The Bertz CT molecular complexity index is 513. The Morgan fingerprint density at radius 3 is 2.67 bits per heavy atom. The highest BCUT2D eigenvalue weighted by atomic mass is 35.5. The van der Waals surface area contributed by atoms with Gasteiger partial charge in [0.2, 0.25) is 0 Å². The molecule has 1 aromatic carbocycles. The van der Waals surface area contributed by atoms with Crippen LogP contribution >= 0.6 is 11.6 Å². The summed E-state index contributed by atoms with van der Waals surface area (Å²) in [5.74, 6) is 5.58. The maximum absolute atomic E-state index is 6.13. The molecule has 18 heavy (non-hydrogen) atoms. The quantitative estimate of drug-likeness (QED) is 0.655. The number of aryl methyl sites for hydroxylation is 1. The summed E-state index contributed by atoms with van der Waals surface area (Å²) in [7, 11) is 0. The molecule has 2 aromatic rings. The first-order valence-corrected chi connectivity index (χ1v) is 6.06. The molecule has 3 N–H and O–H groups in total. The second-order valence-electron chi connectivity index (χ2n) is 4.10. The fraction of sp³-hybridized carbons (Fsp3) is 0.231. The molecule has 4 nitrogen and oxygen atoms in total. The average Bonchev–Trinajstić information content (AvgIpc) is 2.39. The van der Waals surface area contributed by atoms with E-state index in [1.165, 1.54) is 0 Å². The first-order valence-electron chi connectivity index (χ1n) is 5.69. The molecule has 0 aliphatic carbocycles. The van der Waals surface area contributed by atoms with E-state index in [2.05, 4.69) is 15.4 Å². The van der Waals surface area contributed by atoms with E-state index in [0.29, 0.717) is 6.42 Å². The molecule has 94 valence electrons. The van der Waals surface area contributed by atoms with Crippen LogP contribution < -0.4 is 11.3 Å². The number of hydrazine groups is 1. The minimum atomic E-state index is -0.0991. The average molecular weight is 263 g/mol. The van der Waals surface area contributed by atoms with E-state index in [-0.39, 0.29) is 6.04 Å². The van der Waals surface area contributed by atoms with Crippen LogP contribution in [-0.4, -0.2) is 9.97 Å². The Morgan fingerprint density at radius 2 is 2.06 bits per heavy atom. The van der Waals surface area contributed by atoms with Gasteiger partial charge in [0.15, 0.2) is 0 Å². The fourth-order valence-corrected chi connectivity index (χ4v) is 1.93. The van der Waals surface area contributed by atoms with Gasteiger partial charge in [0.1, 0.15) is 0 Å². The van der Waals surface area contributed by atoms with E-state index in [1.807, 2.05) is 31.2 Å². The van der Waals surface area contributed by atoms with Crippen LogP contribution in [-0.2, 0) is 6.42 Å². The molecule has 1 heterocycles. The van der Waals surface area contributed by atoms with Gasteiger partial charge >= 0.3 is 0 Å². The van der Waals surface area contributed by atoms with Crippen molar-refractivity contribution in [3.8, 4) is 0 Å². The van der Waals surface area contributed by atoms with Crippen molar-refractivity contribution >= 4 is 11.6 Å². The minimum absolute atomic E-state index is 0.0991. The van der Waals surface area contributed by atoms with E-state index >= 15 is 0 Å². The normalized spacial score (nSPS) is 12.4. The molecule has 0 bridgehead atoms. The van der Waals surface area contributed by atoms with Crippen LogP contribution in [0.3, 0.4) is 0 Å². The van der Waals surface area contributed by atoms with Gasteiger partial charge in [-0.25, -0.2) is 0 Å². The third-order valence-corrected chi connectivity index (χ3v) is 3.11. The van der Waals surface area contributed by atoms with Crippen molar-refractivity contribution in [1.29, 1.82) is 0 Å². The molecule has 0 amide bonds. The van der Waals surface area contributed by atoms with Crippen LogP contribution in [0.5, 0.6) is 0 Å². The van der Waals surface area contributed by atoms with Crippen LogP contribution in [0.2, 0.25) is 5.02 Å². The molecule has 0 radical (unpaired) electrons. The molecule has 0 aliphatic heterocycles. The second kappa shape index (κ2) is 5.91. The summed E-state index contributed by atoms with van der Waals surface area (Å²) in [6, 6.07) is 7.61. The van der Waals surface area contributed by atoms with Gasteiger partial charge in [-0.1, -0.05) is 29.8 Å². The van der Waals surface area contributed by atoms with E-state index in [4.69, 9.17) is 17.4 Å². The van der Waals surface area contributed by atoms with Crippen LogP contribution in [0.4, 0.5) is 0 Å². The molecular formula is C13H15ClN4. The lowest BCUT2D eigenvalue weighted by molar-refractivity contribution is 0.536. The number of benzene rings is 1. The molecular weight excluding hydrogens is 248 g/mol. The monoisotopic (exact) mass is 262 g/mol. The van der Waals surface area contributed by atoms with Gasteiger partial charge in [0, 0.05) is 11.2 Å². The lowest BCUT2D eigenvalue weighted by atomic mass is 10.0. The summed E-state index contributed by atoms with van der Waals surface area (Å²) in [4.78, 5) is 8.55. The molecule has 0 saturated carbocycles. The number of hydrogen-bond acceptors (Lipinski definition) is 4. The lowest BCUT2D eigenvalue weighted by Gasteiger charge is -2.15. The summed E-state index contributed by atoms with van der Waals surface area (Å²) in [5, 5.41) is 0.734. The first kappa shape index (κ1) is 13.0. The summed E-state index contributed by atoms with van der Waals surface area (Å²) in [6.07, 6.45) is 4.14. The molecule has 5 heteroatoms. The number of halogens is 1. The molecule has 1 atom stereocenters. The van der Waals surface area contributed by atoms with Gasteiger partial charge in [0.25, 0.3) is 0 Å². The van der Waals surface area contributed by atoms with Crippen LogP contribution in [0.25, 0.3) is 0 Å². The van der Waals surface area contributed by atoms with E-state index in [9.17, 15) is 0 Å². The Kier molecular flexibility index (Phi) is 4.25. The van der Waals surface area contributed by atoms with Crippen molar-refractivity contribution in [2.24, 2.45) is 5.84 Å². The predicted octanol–water partition coefficient (Wildman–Crippen LogP) is 2.19. The summed E-state index contributed by atoms with van der Waals surface area (Å²) in [6.45, 7) is 1.90. The SMILES string of the molecule is Cc1cnc(C(Cc2ccccc2Cl)NN)cn1. The van der Waals surface area contributed by atoms with Crippen molar-refractivity contribution < 1.29 is 0 Å². The summed E-state index contributed by atoms with van der Waals surface area (Å²) >= 11 is 6.13. The third-order valence-electron chi connectivity index (χ3n) is 2.74. The number of nitrogens with one attached hydrogen (secondary N) is 1. The zero-order valence-electron chi connectivity index (χ0n) is 10.1. The molecule has 0 saturated heterocycles. The maximum Gasteiger partial charge on any atom is 0.0773 e. The van der Waals surface area contributed by atoms with E-state index < -0.39 is 0 Å². The Morgan fingerprint density at radius 1 is 1.28 bits per heavy atom. The molecule has 1 unspecified atom stereocenters. The van der Waals surface area contributed by atoms with Crippen LogP contribution in [0, 0.1) is 6.92 Å². The number of rotatable bonds is 4. The molecule has 2 rings (SSSR count). The Labute approximate surface area is 111 Å². The van der Waals surface area contributed by atoms with Crippen molar-refractivity contribution in [2.75, 3.05) is 0 Å². The van der Waals surface area contributed by atoms with Crippen molar-refractivity contribution in [3.63, 3.8) is 0 Å². The highest BCUT2D eigenvalue weighted by Crippen LogP contribution is 2.21. The van der Waals surface area contributed by atoms with E-state index in [0.717, 1.165) is 22.0 Å². The molecule has 0 spiro atoms. The Balaban J connectivity index is 2.20. The third kappa shape index (κ3) is 3.04. The van der Waals surface area contributed by atoms with Crippen molar-refractivity contribution in [2.45, 2.75) is 19.4 Å².